The molecular weight excluding hydrogens is 956 g/mol. The van der Waals surface area contributed by atoms with E-state index in [2.05, 4.69) is 46.2 Å². The molecule has 10 rings (SSSR count). The number of aliphatic carboxylic acids is 1. The molecule has 76 heavy (non-hydrogen) atoms. The summed E-state index contributed by atoms with van der Waals surface area (Å²) >= 11 is 0. The zero-order valence-electron chi connectivity index (χ0n) is 43.5. The fourth-order valence-electron chi connectivity index (χ4n) is 11.5. The van der Waals surface area contributed by atoms with Crippen molar-refractivity contribution in [1.82, 2.24) is 19.6 Å². The van der Waals surface area contributed by atoms with Gasteiger partial charge in [0.1, 0.15) is 12.1 Å². The van der Waals surface area contributed by atoms with Crippen LogP contribution >= 0.6 is 0 Å². The monoisotopic (exact) mass is 1020 g/mol. The molecule has 0 unspecified atom stereocenters. The van der Waals surface area contributed by atoms with Gasteiger partial charge < -0.3 is 40.1 Å². The molecule has 0 aliphatic carbocycles. The molecule has 6 aromatic rings. The van der Waals surface area contributed by atoms with Gasteiger partial charge >= 0.3 is 30.8 Å². The Bertz CT molecular complexity index is 2640. The summed E-state index contributed by atoms with van der Waals surface area (Å²) in [6, 6.07) is 58.5. The first-order valence-electron chi connectivity index (χ1n) is 25.6. The van der Waals surface area contributed by atoms with Crippen molar-refractivity contribution in [3.63, 3.8) is 0 Å². The van der Waals surface area contributed by atoms with Crippen molar-refractivity contribution in [1.29, 1.82) is 0 Å². The number of hydrogen-bond acceptors (Lipinski definition) is 10. The van der Waals surface area contributed by atoms with E-state index in [1.54, 1.807) is 9.80 Å². The first kappa shape index (κ1) is 58.8. The van der Waals surface area contributed by atoms with Crippen molar-refractivity contribution in [2.45, 2.75) is 73.8 Å². The molecular formula is C61H69LiN4O10. The standard InChI is InChI=1S/C31H34N2O4.C30H32N2O4.Li.2H2O/c1-36-31(35)28-20-26(32-17-18-37-22-27(32)19-23-11-5-2-6-12-23)21-33(28)30(34)29(24-13-7-3-8-14-24)25-15-9-4-10-16-25;33-29(28(23-12-6-2-7-13-23)24-14-8-3-9-15-24)32-20-25(19-27(32)30(34)35)31-16-17-36-21-26(31)18-22-10-4-1-5-11-22;;;/h2-16,26-29H,17-22H2,1H3;1-15,25-28H,16-21H2,(H,34,35);;2*1H2/q;;+1;;/p-1/t26-,27-,28-;25-,26-,27-;;;/m00.../s1. The summed E-state index contributed by atoms with van der Waals surface area (Å²) in [7, 11) is 1.40. The largest absolute Gasteiger partial charge is 1.00 e. The van der Waals surface area contributed by atoms with Crippen LogP contribution in [0, 0.1) is 0 Å². The number of carbonyl (C=O) groups excluding carboxylic acids is 3. The Morgan fingerprint density at radius 2 is 0.842 bits per heavy atom. The number of nitrogens with zero attached hydrogens (tertiary/aromatic N) is 4. The van der Waals surface area contributed by atoms with Crippen LogP contribution in [-0.4, -0.2) is 155 Å². The van der Waals surface area contributed by atoms with E-state index in [0.29, 0.717) is 52.4 Å². The number of morpholine rings is 2. The quantitative estimate of drug-likeness (QED) is 0.124. The summed E-state index contributed by atoms with van der Waals surface area (Å²) in [4.78, 5) is 61.9. The molecule has 0 saturated carbocycles. The summed E-state index contributed by atoms with van der Waals surface area (Å²) in [6.07, 6.45) is 2.67. The third kappa shape index (κ3) is 14.1. The molecule has 4 heterocycles. The Balaban J connectivity index is 0.000000237. The first-order valence-corrected chi connectivity index (χ1v) is 25.6. The number of carboxylic acid groups (broad SMARTS) is 1. The van der Waals surface area contributed by atoms with Gasteiger partial charge in [-0.25, -0.2) is 9.59 Å². The van der Waals surface area contributed by atoms with Crippen molar-refractivity contribution < 1.29 is 68.3 Å². The number of amides is 2. The van der Waals surface area contributed by atoms with Crippen molar-refractivity contribution in [2.24, 2.45) is 0 Å². The minimum Gasteiger partial charge on any atom is -0.870 e. The minimum absolute atomic E-state index is 0. The molecule has 0 bridgehead atoms. The van der Waals surface area contributed by atoms with Crippen molar-refractivity contribution in [3.8, 4) is 0 Å². The van der Waals surface area contributed by atoms with Crippen LogP contribution in [0.5, 0.6) is 0 Å². The second-order valence-corrected chi connectivity index (χ2v) is 19.5. The summed E-state index contributed by atoms with van der Waals surface area (Å²) in [5.74, 6) is -2.56. The van der Waals surface area contributed by atoms with Gasteiger partial charge in [-0.3, -0.25) is 19.4 Å². The van der Waals surface area contributed by atoms with Gasteiger partial charge in [0.15, 0.2) is 0 Å². The van der Waals surface area contributed by atoms with E-state index in [9.17, 15) is 24.3 Å². The van der Waals surface area contributed by atoms with Crippen LogP contribution in [0.2, 0.25) is 0 Å². The average Bonchev–Trinajstić information content (AvgIpc) is 4.11. The maximum Gasteiger partial charge on any atom is 1.00 e. The molecule has 4 aliphatic rings. The summed E-state index contributed by atoms with van der Waals surface area (Å²) in [6.45, 7) is 4.90. The Hall–Kier alpha value is -6.44. The second-order valence-electron chi connectivity index (χ2n) is 19.5. The van der Waals surface area contributed by atoms with Crippen LogP contribution in [-0.2, 0) is 46.2 Å². The van der Waals surface area contributed by atoms with Crippen LogP contribution < -0.4 is 18.9 Å². The second kappa shape index (κ2) is 28.6. The van der Waals surface area contributed by atoms with Gasteiger partial charge in [-0.15, -0.1) is 0 Å². The van der Waals surface area contributed by atoms with Gasteiger partial charge in [-0.1, -0.05) is 182 Å². The third-order valence-electron chi connectivity index (χ3n) is 15.0. The summed E-state index contributed by atoms with van der Waals surface area (Å²) in [5, 5.41) is 10.1. The summed E-state index contributed by atoms with van der Waals surface area (Å²) < 4.78 is 16.8. The number of methoxy groups -OCH3 is 1. The molecule has 2 amide bonds. The number of esters is 1. The number of benzene rings is 6. The van der Waals surface area contributed by atoms with Gasteiger partial charge in [0.05, 0.1) is 45.4 Å². The predicted octanol–water partition coefficient (Wildman–Crippen LogP) is 3.72. The number of carboxylic acids is 1. The van der Waals surface area contributed by atoms with Crippen molar-refractivity contribution >= 4 is 23.8 Å². The molecule has 6 aromatic carbocycles. The Morgan fingerprint density at radius 1 is 0.526 bits per heavy atom. The molecule has 4 aliphatic heterocycles. The average molecular weight is 1030 g/mol. The van der Waals surface area contributed by atoms with E-state index in [0.717, 1.165) is 48.2 Å². The van der Waals surface area contributed by atoms with E-state index < -0.39 is 29.9 Å². The van der Waals surface area contributed by atoms with E-state index >= 15 is 0 Å². The number of rotatable bonds is 14. The van der Waals surface area contributed by atoms with Crippen LogP contribution in [0.3, 0.4) is 0 Å². The smallest absolute Gasteiger partial charge is 0.870 e. The molecule has 0 radical (unpaired) electrons. The molecule has 4 fully saturated rings. The summed E-state index contributed by atoms with van der Waals surface area (Å²) in [5.41, 5.74) is 6.06. The zero-order valence-corrected chi connectivity index (χ0v) is 43.5. The van der Waals surface area contributed by atoms with Crippen LogP contribution in [0.1, 0.15) is 58.1 Å². The van der Waals surface area contributed by atoms with Gasteiger partial charge in [0, 0.05) is 50.3 Å². The van der Waals surface area contributed by atoms with Crippen LogP contribution in [0.25, 0.3) is 0 Å². The van der Waals surface area contributed by atoms with Crippen LogP contribution in [0.15, 0.2) is 182 Å². The fourth-order valence-corrected chi connectivity index (χ4v) is 11.5. The Morgan fingerprint density at radius 3 is 1.17 bits per heavy atom. The molecule has 394 valence electrons. The Kier molecular flexibility index (Phi) is 22.1. The van der Waals surface area contributed by atoms with Gasteiger partial charge in [-0.2, -0.15) is 0 Å². The molecule has 14 nitrogen and oxygen atoms in total. The van der Waals surface area contributed by atoms with Gasteiger partial charge in [-0.05, 0) is 59.1 Å². The van der Waals surface area contributed by atoms with Crippen molar-refractivity contribution in [2.75, 3.05) is 59.7 Å². The predicted molar refractivity (Wildman–Crippen MR) is 285 cm³/mol. The zero-order chi connectivity index (χ0) is 50.5. The number of likely N-dealkylation sites (tertiary alicyclic amines) is 2. The number of hydrogen-bond donors (Lipinski definition) is 1. The van der Waals surface area contributed by atoms with Crippen molar-refractivity contribution in [3.05, 3.63) is 215 Å². The number of ether oxygens (including phenoxy) is 3. The molecule has 6 atom stereocenters. The van der Waals surface area contributed by atoms with Gasteiger partial charge in [0.25, 0.3) is 0 Å². The van der Waals surface area contributed by atoms with Crippen LogP contribution in [0.4, 0.5) is 0 Å². The molecule has 0 aromatic heterocycles. The SMILES string of the molecule is COC(=O)[C@@H]1C[C@H](N2CCOC[C@@H]2Cc2ccccc2)CN1C(=O)C(c1ccccc1)c1ccccc1.O.O=C(O)[C@@H]1C[C@H](N2CCOC[C@@H]2Cc2ccccc2)CN1C(=O)C(c1ccccc1)c1ccccc1.[Li+].[OH-]. The van der Waals surface area contributed by atoms with Gasteiger partial charge in [0.2, 0.25) is 11.8 Å². The molecule has 4 saturated heterocycles. The van der Waals surface area contributed by atoms with E-state index in [1.165, 1.54) is 18.2 Å². The molecule has 15 heteroatoms. The Labute approximate surface area is 458 Å². The molecule has 0 spiro atoms. The fraction of sp³-hybridized carbons (Fsp3) is 0.344. The van der Waals surface area contributed by atoms with E-state index in [-0.39, 0.29) is 71.8 Å². The maximum absolute atomic E-state index is 14.3. The first-order chi connectivity index (χ1) is 35.8. The number of carbonyl (C=O) groups is 4. The molecule has 4 N–H and O–H groups in total. The normalized spacial score (nSPS) is 21.5. The topological polar surface area (TPSA) is 191 Å². The maximum atomic E-state index is 14.3. The third-order valence-corrected chi connectivity index (χ3v) is 15.0. The van der Waals surface area contributed by atoms with E-state index in [4.69, 9.17) is 14.2 Å². The van der Waals surface area contributed by atoms with E-state index in [1.807, 2.05) is 146 Å². The minimum atomic E-state index is -0.946.